The van der Waals surface area contributed by atoms with Gasteiger partial charge in [-0.25, -0.2) is 0 Å². The molecule has 0 bridgehead atoms. The van der Waals surface area contributed by atoms with Crippen LogP contribution in [-0.2, 0) is 13.0 Å². The minimum absolute atomic E-state index is 0.697. The van der Waals surface area contributed by atoms with E-state index in [0.29, 0.717) is 6.54 Å². The molecule has 0 fully saturated rings. The standard InChI is InChI=1S/C24H23N7OS/c1-18-21(14-15-32-18)23-26-27-24(30(23)17-19-9-4-2-5-10-19)33-16-8-13-22-25-28-29-31(22)20-11-6-3-7-12-20/h2-7,9-12,14-15H,8,13,16-17H2,1H3. The first kappa shape index (κ1) is 21.1. The molecule has 0 radical (unpaired) electrons. The molecule has 9 heteroatoms. The van der Waals surface area contributed by atoms with Crippen LogP contribution in [0, 0.1) is 6.92 Å². The first-order chi connectivity index (χ1) is 16.3. The van der Waals surface area contributed by atoms with Crippen molar-refractivity contribution in [1.82, 2.24) is 35.0 Å². The molecule has 33 heavy (non-hydrogen) atoms. The highest BCUT2D eigenvalue weighted by atomic mass is 32.2. The summed E-state index contributed by atoms with van der Waals surface area (Å²) in [5.41, 5.74) is 3.13. The van der Waals surface area contributed by atoms with Crippen LogP contribution < -0.4 is 0 Å². The average Bonchev–Trinajstić information content (AvgIpc) is 3.58. The molecule has 166 valence electrons. The summed E-state index contributed by atoms with van der Waals surface area (Å²) in [5.74, 6) is 3.38. The van der Waals surface area contributed by atoms with Crippen LogP contribution in [0.5, 0.6) is 0 Å². The summed E-state index contributed by atoms with van der Waals surface area (Å²) in [7, 11) is 0. The van der Waals surface area contributed by atoms with Gasteiger partial charge in [-0.15, -0.1) is 15.3 Å². The van der Waals surface area contributed by atoms with Gasteiger partial charge in [-0.3, -0.25) is 4.57 Å². The van der Waals surface area contributed by atoms with Crippen LogP contribution in [-0.4, -0.2) is 40.7 Å². The highest BCUT2D eigenvalue weighted by Crippen LogP contribution is 2.28. The Hall–Kier alpha value is -3.72. The second kappa shape index (κ2) is 9.83. The highest BCUT2D eigenvalue weighted by molar-refractivity contribution is 7.99. The Kier molecular flexibility index (Phi) is 6.30. The number of rotatable bonds is 9. The average molecular weight is 458 g/mol. The van der Waals surface area contributed by atoms with Gasteiger partial charge in [0.15, 0.2) is 16.8 Å². The number of aromatic nitrogens is 7. The number of tetrazole rings is 1. The molecule has 5 rings (SSSR count). The monoisotopic (exact) mass is 457 g/mol. The third-order valence-electron chi connectivity index (χ3n) is 5.31. The van der Waals surface area contributed by atoms with E-state index >= 15 is 0 Å². The number of para-hydroxylation sites is 1. The maximum Gasteiger partial charge on any atom is 0.191 e. The fraction of sp³-hybridized carbons (Fsp3) is 0.208. The minimum atomic E-state index is 0.697. The van der Waals surface area contributed by atoms with Gasteiger partial charge in [0.25, 0.3) is 0 Å². The van der Waals surface area contributed by atoms with E-state index in [1.807, 2.05) is 61.5 Å². The Morgan fingerprint density at radius 1 is 0.909 bits per heavy atom. The van der Waals surface area contributed by atoms with E-state index in [-0.39, 0.29) is 0 Å². The Labute approximate surface area is 195 Å². The van der Waals surface area contributed by atoms with Crippen LogP contribution in [0.15, 0.2) is 82.6 Å². The predicted molar refractivity (Wildman–Crippen MR) is 126 cm³/mol. The zero-order valence-electron chi connectivity index (χ0n) is 18.2. The van der Waals surface area contributed by atoms with Gasteiger partial charge in [0.2, 0.25) is 0 Å². The largest absolute Gasteiger partial charge is 0.469 e. The third kappa shape index (κ3) is 4.73. The van der Waals surface area contributed by atoms with E-state index in [9.17, 15) is 0 Å². The predicted octanol–water partition coefficient (Wildman–Crippen LogP) is 4.60. The van der Waals surface area contributed by atoms with Crippen LogP contribution in [0.1, 0.15) is 23.6 Å². The minimum Gasteiger partial charge on any atom is -0.469 e. The van der Waals surface area contributed by atoms with Crippen molar-refractivity contribution in [2.45, 2.75) is 31.5 Å². The molecule has 0 aliphatic rings. The van der Waals surface area contributed by atoms with Crippen molar-refractivity contribution < 1.29 is 4.42 Å². The van der Waals surface area contributed by atoms with Gasteiger partial charge in [0, 0.05) is 12.2 Å². The summed E-state index contributed by atoms with van der Waals surface area (Å²) in [5, 5.41) is 22.1. The van der Waals surface area contributed by atoms with Gasteiger partial charge >= 0.3 is 0 Å². The van der Waals surface area contributed by atoms with E-state index in [1.165, 1.54) is 5.56 Å². The zero-order chi connectivity index (χ0) is 22.5. The first-order valence-corrected chi connectivity index (χ1v) is 11.8. The van der Waals surface area contributed by atoms with Crippen LogP contribution in [0.4, 0.5) is 0 Å². The Bertz CT molecular complexity index is 1310. The number of hydrogen-bond acceptors (Lipinski definition) is 7. The van der Waals surface area contributed by atoms with Gasteiger partial charge in [-0.05, 0) is 47.5 Å². The summed E-state index contributed by atoms with van der Waals surface area (Å²) >= 11 is 1.69. The van der Waals surface area contributed by atoms with Crippen molar-refractivity contribution in [1.29, 1.82) is 0 Å². The fourth-order valence-electron chi connectivity index (χ4n) is 3.65. The molecule has 0 aliphatic heterocycles. The molecule has 3 aromatic heterocycles. The topological polar surface area (TPSA) is 87.5 Å². The fourth-order valence-corrected chi connectivity index (χ4v) is 4.52. The molecule has 0 unspecified atom stereocenters. The normalized spacial score (nSPS) is 11.2. The number of furan rings is 1. The van der Waals surface area contributed by atoms with E-state index in [1.54, 1.807) is 22.7 Å². The molecule has 0 N–H and O–H groups in total. The van der Waals surface area contributed by atoms with Crippen LogP contribution in [0.25, 0.3) is 17.1 Å². The lowest BCUT2D eigenvalue weighted by atomic mass is 10.2. The number of nitrogens with zero attached hydrogens (tertiary/aromatic N) is 7. The van der Waals surface area contributed by atoms with Crippen molar-refractivity contribution in [2.24, 2.45) is 0 Å². The molecule has 0 aliphatic carbocycles. The lowest BCUT2D eigenvalue weighted by Crippen LogP contribution is -2.05. The lowest BCUT2D eigenvalue weighted by molar-refractivity contribution is 0.534. The smallest absolute Gasteiger partial charge is 0.191 e. The van der Waals surface area contributed by atoms with Crippen LogP contribution in [0.2, 0.25) is 0 Å². The van der Waals surface area contributed by atoms with E-state index < -0.39 is 0 Å². The number of benzene rings is 2. The summed E-state index contributed by atoms with van der Waals surface area (Å²) < 4.78 is 9.46. The van der Waals surface area contributed by atoms with E-state index in [4.69, 9.17) is 4.42 Å². The molecular formula is C24H23N7OS. The van der Waals surface area contributed by atoms with Crippen molar-refractivity contribution in [3.63, 3.8) is 0 Å². The molecule has 0 saturated carbocycles. The van der Waals surface area contributed by atoms with Gasteiger partial charge in [-0.2, -0.15) is 4.68 Å². The molecule has 5 aromatic rings. The van der Waals surface area contributed by atoms with E-state index in [2.05, 4.69) is 42.4 Å². The third-order valence-corrected chi connectivity index (χ3v) is 6.36. The van der Waals surface area contributed by atoms with Crippen molar-refractivity contribution in [3.05, 3.63) is 90.1 Å². The second-order valence-corrected chi connectivity index (χ2v) is 8.62. The highest BCUT2D eigenvalue weighted by Gasteiger charge is 2.18. The van der Waals surface area contributed by atoms with E-state index in [0.717, 1.165) is 52.4 Å². The molecule has 0 saturated heterocycles. The molecule has 2 aromatic carbocycles. The maximum atomic E-state index is 5.51. The maximum absolute atomic E-state index is 5.51. The van der Waals surface area contributed by atoms with Crippen LogP contribution >= 0.6 is 11.8 Å². The molecular weight excluding hydrogens is 434 g/mol. The summed E-state index contributed by atoms with van der Waals surface area (Å²) in [6.45, 7) is 2.64. The Morgan fingerprint density at radius 2 is 1.70 bits per heavy atom. The molecule has 3 heterocycles. The number of thioether (sulfide) groups is 1. The number of hydrogen-bond donors (Lipinski definition) is 0. The molecule has 0 atom stereocenters. The lowest BCUT2D eigenvalue weighted by Gasteiger charge is -2.10. The molecule has 0 spiro atoms. The van der Waals surface area contributed by atoms with Crippen LogP contribution in [0.3, 0.4) is 0 Å². The molecule has 8 nitrogen and oxygen atoms in total. The van der Waals surface area contributed by atoms with Crippen molar-refractivity contribution >= 4 is 11.8 Å². The van der Waals surface area contributed by atoms with Gasteiger partial charge < -0.3 is 4.42 Å². The quantitative estimate of drug-likeness (QED) is 0.236. The van der Waals surface area contributed by atoms with Gasteiger partial charge in [0.1, 0.15) is 5.76 Å². The number of aryl methyl sites for hydroxylation is 2. The van der Waals surface area contributed by atoms with Crippen molar-refractivity contribution in [3.8, 4) is 17.1 Å². The molecule has 0 amide bonds. The SMILES string of the molecule is Cc1occc1-c1nnc(SCCCc2nnnn2-c2ccccc2)n1Cc1ccccc1. The Morgan fingerprint density at radius 3 is 2.45 bits per heavy atom. The first-order valence-electron chi connectivity index (χ1n) is 10.8. The Balaban J connectivity index is 1.30. The van der Waals surface area contributed by atoms with Crippen molar-refractivity contribution in [2.75, 3.05) is 5.75 Å². The second-order valence-electron chi connectivity index (χ2n) is 7.56. The summed E-state index contributed by atoms with van der Waals surface area (Å²) in [4.78, 5) is 0. The van der Waals surface area contributed by atoms with Gasteiger partial charge in [-0.1, -0.05) is 60.3 Å². The zero-order valence-corrected chi connectivity index (χ0v) is 19.0. The summed E-state index contributed by atoms with van der Waals surface area (Å²) in [6, 6.07) is 22.2. The summed E-state index contributed by atoms with van der Waals surface area (Å²) in [6.07, 6.45) is 3.38. The van der Waals surface area contributed by atoms with Gasteiger partial charge in [0.05, 0.1) is 24.1 Å².